The van der Waals surface area contributed by atoms with Crippen molar-refractivity contribution in [2.45, 2.75) is 34.1 Å². The lowest BCUT2D eigenvalue weighted by Crippen LogP contribution is -2.08. The summed E-state index contributed by atoms with van der Waals surface area (Å²) in [5, 5.41) is 8.64. The maximum atomic E-state index is 5.40. The standard InChI is InChI=1S/C23H22N4O2.C2H6/c1-13-22(14(2)29-26-13)18-7-8-24-23-19(18)11-21(27(23)3)16-9-15-10-17(28-4)5-6-20(15)25-12-16;1-2/h5-8,10-12,25H,9H2,1-4H3;1-2H3. The van der Waals surface area contributed by atoms with Crippen molar-refractivity contribution in [3.05, 3.63) is 65.4 Å². The number of aromatic nitrogens is 3. The van der Waals surface area contributed by atoms with E-state index in [0.717, 1.165) is 57.2 Å². The summed E-state index contributed by atoms with van der Waals surface area (Å²) in [5.41, 5.74) is 8.63. The Morgan fingerprint density at radius 3 is 2.65 bits per heavy atom. The van der Waals surface area contributed by atoms with Crippen molar-refractivity contribution in [2.24, 2.45) is 7.05 Å². The molecule has 4 heterocycles. The van der Waals surface area contributed by atoms with Crippen molar-refractivity contribution in [3.8, 4) is 16.9 Å². The molecule has 4 aromatic rings. The number of ether oxygens (including phenoxy) is 1. The Labute approximate surface area is 182 Å². The van der Waals surface area contributed by atoms with Gasteiger partial charge in [-0.2, -0.15) is 0 Å². The molecule has 0 saturated carbocycles. The van der Waals surface area contributed by atoms with Gasteiger partial charge in [-0.25, -0.2) is 4.98 Å². The molecule has 6 heteroatoms. The summed E-state index contributed by atoms with van der Waals surface area (Å²) < 4.78 is 12.9. The second kappa shape index (κ2) is 8.30. The van der Waals surface area contributed by atoms with Crippen LogP contribution < -0.4 is 10.1 Å². The molecule has 0 spiro atoms. The van der Waals surface area contributed by atoms with E-state index in [-0.39, 0.29) is 0 Å². The first-order chi connectivity index (χ1) is 15.1. The number of hydrogen-bond donors (Lipinski definition) is 1. The van der Waals surface area contributed by atoms with Crippen LogP contribution in [0.4, 0.5) is 5.69 Å². The molecule has 0 unspecified atom stereocenters. The van der Waals surface area contributed by atoms with E-state index in [9.17, 15) is 0 Å². The number of anilines is 1. The van der Waals surface area contributed by atoms with E-state index in [1.807, 2.05) is 46.0 Å². The van der Waals surface area contributed by atoms with Crippen LogP contribution >= 0.6 is 0 Å². The fourth-order valence-electron chi connectivity index (χ4n) is 4.18. The average molecular weight is 417 g/mol. The largest absolute Gasteiger partial charge is 0.497 e. The molecule has 5 rings (SSSR count). The van der Waals surface area contributed by atoms with Crippen molar-refractivity contribution < 1.29 is 9.26 Å². The summed E-state index contributed by atoms with van der Waals surface area (Å²) in [6, 6.07) is 10.4. The number of allylic oxidation sites excluding steroid dienone is 1. The molecule has 1 aliphatic rings. The zero-order valence-electron chi connectivity index (χ0n) is 18.9. The van der Waals surface area contributed by atoms with Crippen molar-refractivity contribution in [3.63, 3.8) is 0 Å². The van der Waals surface area contributed by atoms with Gasteiger partial charge in [-0.3, -0.25) is 0 Å². The summed E-state index contributed by atoms with van der Waals surface area (Å²) in [6.45, 7) is 7.92. The number of methoxy groups -OCH3 is 1. The Morgan fingerprint density at radius 1 is 1.13 bits per heavy atom. The third-order valence-corrected chi connectivity index (χ3v) is 5.66. The maximum absolute atomic E-state index is 5.40. The first-order valence-corrected chi connectivity index (χ1v) is 10.6. The van der Waals surface area contributed by atoms with Crippen molar-refractivity contribution in [1.29, 1.82) is 0 Å². The van der Waals surface area contributed by atoms with Crippen LogP contribution in [0, 0.1) is 13.8 Å². The number of rotatable bonds is 3. The number of nitrogens with one attached hydrogen (secondary N) is 1. The lowest BCUT2D eigenvalue weighted by Gasteiger charge is -2.19. The van der Waals surface area contributed by atoms with E-state index < -0.39 is 0 Å². The predicted molar refractivity (Wildman–Crippen MR) is 125 cm³/mol. The van der Waals surface area contributed by atoms with E-state index in [1.165, 1.54) is 11.1 Å². The molecule has 0 bridgehead atoms. The molecule has 0 atom stereocenters. The van der Waals surface area contributed by atoms with Gasteiger partial charge >= 0.3 is 0 Å². The molecule has 31 heavy (non-hydrogen) atoms. The molecular formula is C25H28N4O2. The highest BCUT2D eigenvalue weighted by atomic mass is 16.5. The Bertz CT molecular complexity index is 1260. The van der Waals surface area contributed by atoms with E-state index in [2.05, 4.69) is 51.5 Å². The maximum Gasteiger partial charge on any atom is 0.141 e. The SMILES string of the molecule is CC.COc1ccc2c(c1)CC(c1cc3c(-c4c(C)noc4C)ccnc3n1C)=CN2. The molecule has 160 valence electrons. The Morgan fingerprint density at radius 2 is 1.94 bits per heavy atom. The second-order valence-corrected chi connectivity index (χ2v) is 7.40. The highest BCUT2D eigenvalue weighted by Gasteiger charge is 2.21. The normalized spacial score (nSPS) is 12.5. The molecule has 0 fully saturated rings. The monoisotopic (exact) mass is 416 g/mol. The smallest absolute Gasteiger partial charge is 0.141 e. The van der Waals surface area contributed by atoms with Crippen LogP contribution in [0.2, 0.25) is 0 Å². The average Bonchev–Trinajstić information content (AvgIpc) is 3.33. The lowest BCUT2D eigenvalue weighted by molar-refractivity contribution is 0.393. The summed E-state index contributed by atoms with van der Waals surface area (Å²) in [5.74, 6) is 1.69. The molecule has 0 saturated heterocycles. The van der Waals surface area contributed by atoms with Gasteiger partial charge < -0.3 is 19.1 Å². The van der Waals surface area contributed by atoms with E-state index in [1.54, 1.807) is 7.11 Å². The summed E-state index contributed by atoms with van der Waals surface area (Å²) >= 11 is 0. The quantitative estimate of drug-likeness (QED) is 0.451. The number of hydrogen-bond acceptors (Lipinski definition) is 5. The van der Waals surface area contributed by atoms with Gasteiger partial charge in [0, 0.05) is 48.2 Å². The molecule has 1 N–H and O–H groups in total. The van der Waals surface area contributed by atoms with Crippen molar-refractivity contribution in [1.82, 2.24) is 14.7 Å². The summed E-state index contributed by atoms with van der Waals surface area (Å²) in [6.07, 6.45) is 4.75. The van der Waals surface area contributed by atoms with Gasteiger partial charge in [0.05, 0.1) is 12.8 Å². The van der Waals surface area contributed by atoms with Crippen LogP contribution in [0.25, 0.3) is 27.7 Å². The molecule has 0 radical (unpaired) electrons. The Kier molecular flexibility index (Phi) is 5.55. The number of benzene rings is 1. The van der Waals surface area contributed by atoms with Crippen molar-refractivity contribution >= 4 is 22.3 Å². The van der Waals surface area contributed by atoms with Gasteiger partial charge in [0.1, 0.15) is 17.2 Å². The van der Waals surface area contributed by atoms with Crippen LogP contribution in [0.5, 0.6) is 5.75 Å². The minimum atomic E-state index is 0.819. The Hall–Kier alpha value is -3.54. The van der Waals surface area contributed by atoms with E-state index in [0.29, 0.717) is 0 Å². The molecule has 3 aromatic heterocycles. The topological polar surface area (TPSA) is 65.1 Å². The van der Waals surface area contributed by atoms with Gasteiger partial charge in [-0.1, -0.05) is 19.0 Å². The van der Waals surface area contributed by atoms with Gasteiger partial charge in [0.15, 0.2) is 0 Å². The fraction of sp³-hybridized carbons (Fsp3) is 0.280. The van der Waals surface area contributed by atoms with Crippen molar-refractivity contribution in [2.75, 3.05) is 12.4 Å². The molecule has 1 aliphatic heterocycles. The first kappa shape index (κ1) is 20.7. The zero-order valence-corrected chi connectivity index (χ0v) is 18.9. The third-order valence-electron chi connectivity index (χ3n) is 5.66. The molecule has 0 amide bonds. The number of pyridine rings is 1. The van der Waals surface area contributed by atoms with Gasteiger partial charge in [-0.15, -0.1) is 0 Å². The first-order valence-electron chi connectivity index (χ1n) is 10.6. The van der Waals surface area contributed by atoms with Gasteiger partial charge in [0.2, 0.25) is 0 Å². The number of aryl methyl sites for hydroxylation is 3. The van der Waals surface area contributed by atoms with Crippen LogP contribution in [0.3, 0.4) is 0 Å². The van der Waals surface area contributed by atoms with Crippen LogP contribution in [0.15, 0.2) is 47.3 Å². The van der Waals surface area contributed by atoms with Crippen LogP contribution in [-0.4, -0.2) is 21.8 Å². The molecular weight excluding hydrogens is 388 g/mol. The zero-order chi connectivity index (χ0) is 22.1. The van der Waals surface area contributed by atoms with Crippen LogP contribution in [-0.2, 0) is 13.5 Å². The minimum Gasteiger partial charge on any atom is -0.497 e. The van der Waals surface area contributed by atoms with Gasteiger partial charge in [0.25, 0.3) is 0 Å². The minimum absolute atomic E-state index is 0.819. The summed E-state index contributed by atoms with van der Waals surface area (Å²) in [4.78, 5) is 4.64. The highest BCUT2D eigenvalue weighted by molar-refractivity contribution is 5.97. The molecule has 1 aromatic carbocycles. The highest BCUT2D eigenvalue weighted by Crippen LogP contribution is 2.37. The lowest BCUT2D eigenvalue weighted by atomic mass is 9.97. The van der Waals surface area contributed by atoms with E-state index >= 15 is 0 Å². The third kappa shape index (κ3) is 3.48. The predicted octanol–water partition coefficient (Wildman–Crippen LogP) is 5.89. The Balaban J connectivity index is 0.00000112. The van der Waals surface area contributed by atoms with Gasteiger partial charge in [-0.05, 0) is 60.9 Å². The molecule has 6 nitrogen and oxygen atoms in total. The summed E-state index contributed by atoms with van der Waals surface area (Å²) in [7, 11) is 3.75. The number of fused-ring (bicyclic) bond motifs is 2. The number of nitrogens with zero attached hydrogens (tertiary/aromatic N) is 3. The second-order valence-electron chi connectivity index (χ2n) is 7.40. The molecule has 0 aliphatic carbocycles. The fourth-order valence-corrected chi connectivity index (χ4v) is 4.18. The van der Waals surface area contributed by atoms with E-state index in [4.69, 9.17) is 9.26 Å². The van der Waals surface area contributed by atoms with Crippen LogP contribution in [0.1, 0.15) is 36.6 Å².